The Morgan fingerprint density at radius 2 is 1.89 bits per heavy atom. The van der Waals surface area contributed by atoms with E-state index >= 15 is 0 Å². The summed E-state index contributed by atoms with van der Waals surface area (Å²) in [6.45, 7) is 8.09. The van der Waals surface area contributed by atoms with Gasteiger partial charge < -0.3 is 24.1 Å². The number of piperazine rings is 1. The second kappa shape index (κ2) is 10.3. The number of aryl methyl sites for hydroxylation is 2. The topological polar surface area (TPSA) is 126 Å². The molecule has 0 saturated carbocycles. The number of para-hydroxylation sites is 2. The Kier molecular flexibility index (Phi) is 6.86. The quantitative estimate of drug-likeness (QED) is 0.356. The lowest BCUT2D eigenvalue weighted by atomic mass is 9.89. The number of rotatable bonds is 5. The molecule has 3 aromatic heterocycles. The van der Waals surface area contributed by atoms with Gasteiger partial charge in [0.05, 0.1) is 30.8 Å². The molecule has 6 heterocycles. The molecule has 2 unspecified atom stereocenters. The van der Waals surface area contributed by atoms with Gasteiger partial charge in [0.25, 0.3) is 0 Å². The smallest absolute Gasteiger partial charge is 0.239 e. The van der Waals surface area contributed by atoms with E-state index in [0.717, 1.165) is 78.8 Å². The van der Waals surface area contributed by atoms with Gasteiger partial charge in [-0.3, -0.25) is 9.47 Å². The van der Waals surface area contributed by atoms with Gasteiger partial charge >= 0.3 is 0 Å². The van der Waals surface area contributed by atoms with E-state index in [1.165, 1.54) is 6.26 Å². The van der Waals surface area contributed by atoms with Crippen LogP contribution in [0, 0.1) is 0 Å². The number of fused-ring (bicyclic) bond motifs is 3. The molecule has 13 heteroatoms. The van der Waals surface area contributed by atoms with Crippen LogP contribution in [0.5, 0.6) is 0 Å². The number of benzene rings is 1. The van der Waals surface area contributed by atoms with Gasteiger partial charge in [-0.2, -0.15) is 9.97 Å². The fourth-order valence-corrected chi connectivity index (χ4v) is 5.43. The number of morpholine rings is 1. The van der Waals surface area contributed by atoms with Gasteiger partial charge in [0.2, 0.25) is 5.95 Å². The van der Waals surface area contributed by atoms with Crippen molar-refractivity contribution in [3.8, 4) is 5.95 Å². The lowest BCUT2D eigenvalue weighted by Crippen LogP contribution is -2.77. The summed E-state index contributed by atoms with van der Waals surface area (Å²) in [5, 5.41) is 3.48. The zero-order valence-electron chi connectivity index (χ0n) is 21.9. The lowest BCUT2D eigenvalue weighted by molar-refractivity contribution is -0.0257. The molecule has 202 valence electrons. The van der Waals surface area contributed by atoms with Crippen LogP contribution in [0.15, 0.2) is 24.3 Å². The van der Waals surface area contributed by atoms with Crippen LogP contribution in [-0.4, -0.2) is 100 Å². The molecule has 1 aromatic carbocycles. The normalized spacial score (nSPS) is 21.9. The monoisotopic (exact) mass is 539 g/mol. The molecule has 0 aliphatic carbocycles. The minimum atomic E-state index is -1.61. The summed E-state index contributed by atoms with van der Waals surface area (Å²) < 4.78 is 26.5. The fourth-order valence-electron chi connectivity index (χ4n) is 5.43. The van der Waals surface area contributed by atoms with Crippen LogP contribution in [0.1, 0.15) is 18.6 Å². The Labute approximate surface area is 223 Å². The Balaban J connectivity index is 0.000000620. The van der Waals surface area contributed by atoms with Gasteiger partial charge in [0, 0.05) is 58.0 Å². The maximum absolute atomic E-state index is 9.11. The number of likely N-dealkylation sites (tertiary alicyclic amines) is 1. The summed E-state index contributed by atoms with van der Waals surface area (Å²) in [6, 6.07) is 9.50. The first-order valence-electron chi connectivity index (χ1n) is 13.0. The van der Waals surface area contributed by atoms with Crippen LogP contribution in [0.2, 0.25) is 0 Å². The van der Waals surface area contributed by atoms with Gasteiger partial charge in [-0.25, -0.2) is 14.2 Å². The van der Waals surface area contributed by atoms with Crippen LogP contribution in [-0.2, 0) is 35.8 Å². The van der Waals surface area contributed by atoms with E-state index in [4.69, 9.17) is 33.4 Å². The zero-order chi connectivity index (χ0) is 26.4. The standard InChI is InChI=1S/C24H29N9O.CH4O2S/c1-3-19-26-15-6-4-5-7-17(15)33(19)24-28-22-21(23(29-24)31-8-10-34-11-9-31)27-20(30(22)2)14-32-13-16-18(32)12-25-16;1-4(2)3/h4-7,16,18,25H,3,8-14H2,1-2H3;1H3,(H,2,3)/t16-,18?;/m1./s1. The Morgan fingerprint density at radius 1 is 1.13 bits per heavy atom. The first-order chi connectivity index (χ1) is 18.4. The van der Waals surface area contributed by atoms with Crippen molar-refractivity contribution in [3.05, 3.63) is 35.9 Å². The summed E-state index contributed by atoms with van der Waals surface area (Å²) >= 11 is -1.61. The van der Waals surface area contributed by atoms with Crippen LogP contribution in [0.4, 0.5) is 5.82 Å². The van der Waals surface area contributed by atoms with E-state index in [2.05, 4.69) is 44.3 Å². The highest BCUT2D eigenvalue weighted by Gasteiger charge is 2.45. The second-order valence-electron chi connectivity index (χ2n) is 9.85. The third kappa shape index (κ3) is 4.47. The van der Waals surface area contributed by atoms with E-state index in [1.807, 2.05) is 18.2 Å². The van der Waals surface area contributed by atoms with Gasteiger partial charge in [-0.1, -0.05) is 19.1 Å². The number of hydrogen-bond donors (Lipinski definition) is 2. The number of aromatic nitrogens is 6. The van der Waals surface area contributed by atoms with Crippen molar-refractivity contribution in [1.82, 2.24) is 39.3 Å². The van der Waals surface area contributed by atoms with Crippen LogP contribution in [0.25, 0.3) is 28.1 Å². The molecule has 4 aromatic rings. The van der Waals surface area contributed by atoms with Crippen molar-refractivity contribution in [2.24, 2.45) is 7.05 Å². The van der Waals surface area contributed by atoms with Gasteiger partial charge in [0.15, 0.2) is 17.0 Å². The molecule has 3 saturated heterocycles. The minimum absolute atomic E-state index is 0.643. The summed E-state index contributed by atoms with van der Waals surface area (Å²) in [4.78, 5) is 24.9. The van der Waals surface area contributed by atoms with E-state index in [9.17, 15) is 0 Å². The Morgan fingerprint density at radius 3 is 2.55 bits per heavy atom. The van der Waals surface area contributed by atoms with Crippen molar-refractivity contribution in [3.63, 3.8) is 0 Å². The van der Waals surface area contributed by atoms with E-state index in [-0.39, 0.29) is 0 Å². The Bertz CT molecular complexity index is 1490. The SMILES string of the molecule is CCc1nc2ccccc2n1-c1nc(N2CCOCC2)c2nc(CN3C[C@H]4NCC43)n(C)c2n1.CS(=O)O. The largest absolute Gasteiger partial charge is 0.378 e. The molecule has 0 bridgehead atoms. The van der Waals surface area contributed by atoms with Gasteiger partial charge in [-0.05, 0) is 12.1 Å². The molecule has 3 atom stereocenters. The van der Waals surface area contributed by atoms with Crippen molar-refractivity contribution in [2.45, 2.75) is 32.0 Å². The van der Waals surface area contributed by atoms with Crippen molar-refractivity contribution < 1.29 is 13.5 Å². The average Bonchev–Trinajstić information content (AvgIpc) is 3.44. The summed E-state index contributed by atoms with van der Waals surface area (Å²) in [5.41, 5.74) is 3.72. The highest BCUT2D eigenvalue weighted by Crippen LogP contribution is 2.31. The fraction of sp³-hybridized carbons (Fsp3) is 0.520. The predicted molar refractivity (Wildman–Crippen MR) is 146 cm³/mol. The number of nitrogens with one attached hydrogen (secondary N) is 1. The van der Waals surface area contributed by atoms with Gasteiger partial charge in [-0.15, -0.1) is 0 Å². The highest BCUT2D eigenvalue weighted by atomic mass is 32.2. The molecule has 38 heavy (non-hydrogen) atoms. The summed E-state index contributed by atoms with van der Waals surface area (Å²) in [5.74, 6) is 3.53. The van der Waals surface area contributed by atoms with Crippen LogP contribution < -0.4 is 10.2 Å². The molecular weight excluding hydrogens is 506 g/mol. The third-order valence-electron chi connectivity index (χ3n) is 7.54. The number of anilines is 1. The van der Waals surface area contributed by atoms with Crippen molar-refractivity contribution in [2.75, 3.05) is 50.5 Å². The molecule has 0 radical (unpaired) electrons. The number of imidazole rings is 2. The van der Waals surface area contributed by atoms with E-state index in [1.54, 1.807) is 0 Å². The molecule has 2 N–H and O–H groups in total. The third-order valence-corrected chi connectivity index (χ3v) is 7.54. The van der Waals surface area contributed by atoms with E-state index < -0.39 is 11.1 Å². The molecular formula is C25H33N9O3S. The summed E-state index contributed by atoms with van der Waals surface area (Å²) in [6.07, 6.45) is 1.99. The van der Waals surface area contributed by atoms with E-state index in [0.29, 0.717) is 31.2 Å². The number of hydrogen-bond acceptors (Lipinski definition) is 9. The molecule has 0 spiro atoms. The van der Waals surface area contributed by atoms with Crippen molar-refractivity contribution >= 4 is 39.1 Å². The maximum Gasteiger partial charge on any atom is 0.239 e. The van der Waals surface area contributed by atoms with Gasteiger partial charge in [0.1, 0.15) is 22.7 Å². The second-order valence-corrected chi connectivity index (χ2v) is 10.7. The zero-order valence-corrected chi connectivity index (χ0v) is 22.7. The maximum atomic E-state index is 9.11. The number of ether oxygens (including phenoxy) is 1. The lowest BCUT2D eigenvalue weighted by Gasteiger charge is -2.56. The first kappa shape index (κ1) is 25.3. The molecule has 3 aliphatic heterocycles. The average molecular weight is 540 g/mol. The Hall–Kier alpha value is -2.97. The highest BCUT2D eigenvalue weighted by molar-refractivity contribution is 7.78. The number of nitrogens with zero attached hydrogens (tertiary/aromatic N) is 8. The molecule has 7 rings (SSSR count). The molecule has 0 amide bonds. The summed E-state index contributed by atoms with van der Waals surface area (Å²) in [7, 11) is 2.08. The minimum Gasteiger partial charge on any atom is -0.378 e. The van der Waals surface area contributed by atoms with Crippen LogP contribution in [0.3, 0.4) is 0 Å². The molecule has 3 fully saturated rings. The molecule has 12 nitrogen and oxygen atoms in total. The van der Waals surface area contributed by atoms with Crippen molar-refractivity contribution in [1.29, 1.82) is 0 Å². The molecule has 3 aliphatic rings. The first-order valence-corrected chi connectivity index (χ1v) is 14.5. The van der Waals surface area contributed by atoms with Crippen LogP contribution >= 0.6 is 0 Å². The predicted octanol–water partition coefficient (Wildman–Crippen LogP) is 1.10.